The lowest BCUT2D eigenvalue weighted by molar-refractivity contribution is 0.201. The van der Waals surface area contributed by atoms with Crippen molar-refractivity contribution in [2.45, 2.75) is 32.7 Å². The Hall–Kier alpha value is -3.31. The van der Waals surface area contributed by atoms with Crippen molar-refractivity contribution in [3.05, 3.63) is 83.4 Å². The van der Waals surface area contributed by atoms with E-state index in [1.165, 1.54) is 42.6 Å². The van der Waals surface area contributed by atoms with E-state index < -0.39 is 6.09 Å². The Morgan fingerprint density at radius 2 is 1.59 bits per heavy atom. The Balaban J connectivity index is 1.24. The molecule has 0 aromatic heterocycles. The molecule has 0 unspecified atom stereocenters. The van der Waals surface area contributed by atoms with Gasteiger partial charge in [0.05, 0.1) is 5.69 Å². The maximum absolute atomic E-state index is 12.2. The van der Waals surface area contributed by atoms with Gasteiger partial charge in [-0.2, -0.15) is 0 Å². The summed E-state index contributed by atoms with van der Waals surface area (Å²) in [6, 6.07) is 22.3. The third-order valence-corrected chi connectivity index (χ3v) is 5.91. The number of amides is 1. The van der Waals surface area contributed by atoms with E-state index in [1.54, 1.807) is 6.07 Å². The lowest BCUT2D eigenvalue weighted by Gasteiger charge is -2.14. The number of rotatable bonds is 7. The van der Waals surface area contributed by atoms with Crippen LogP contribution in [-0.4, -0.2) is 30.6 Å². The van der Waals surface area contributed by atoms with Gasteiger partial charge in [0.1, 0.15) is 0 Å². The number of carbonyl (C=O) groups is 1. The van der Waals surface area contributed by atoms with Gasteiger partial charge in [0, 0.05) is 13.1 Å². The van der Waals surface area contributed by atoms with Crippen LogP contribution in [0.4, 0.5) is 10.5 Å². The highest BCUT2D eigenvalue weighted by Crippen LogP contribution is 2.28. The number of carbonyl (C=O) groups excluding carboxylic acids is 1. The SMILES string of the molecule is Cc1ccc(-c2ccc(OC(=O)NCCc3ccc(CN4CCCC4)cc3)c(N)c2)cc1. The van der Waals surface area contributed by atoms with Crippen molar-refractivity contribution in [2.24, 2.45) is 0 Å². The number of anilines is 1. The molecule has 3 N–H and O–H groups in total. The Bertz CT molecular complexity index is 1040. The van der Waals surface area contributed by atoms with E-state index in [1.807, 2.05) is 12.1 Å². The topological polar surface area (TPSA) is 67.6 Å². The predicted molar refractivity (Wildman–Crippen MR) is 130 cm³/mol. The van der Waals surface area contributed by atoms with Crippen molar-refractivity contribution in [3.63, 3.8) is 0 Å². The summed E-state index contributed by atoms with van der Waals surface area (Å²) >= 11 is 0. The van der Waals surface area contributed by atoms with Crippen LogP contribution < -0.4 is 15.8 Å². The zero-order chi connectivity index (χ0) is 22.3. The van der Waals surface area contributed by atoms with Gasteiger partial charge in [-0.25, -0.2) is 4.79 Å². The first-order valence-corrected chi connectivity index (χ1v) is 11.3. The highest BCUT2D eigenvalue weighted by molar-refractivity contribution is 5.76. The first-order valence-electron chi connectivity index (χ1n) is 11.3. The van der Waals surface area contributed by atoms with Crippen molar-refractivity contribution < 1.29 is 9.53 Å². The Kier molecular flexibility index (Phi) is 7.07. The van der Waals surface area contributed by atoms with Crippen LogP contribution in [-0.2, 0) is 13.0 Å². The second-order valence-electron chi connectivity index (χ2n) is 8.48. The van der Waals surface area contributed by atoms with Gasteiger partial charge in [-0.15, -0.1) is 0 Å². The number of nitrogens with two attached hydrogens (primary N) is 1. The second-order valence-corrected chi connectivity index (χ2v) is 8.48. The van der Waals surface area contributed by atoms with Crippen LogP contribution in [0.2, 0.25) is 0 Å². The average Bonchev–Trinajstić information content (AvgIpc) is 3.30. The lowest BCUT2D eigenvalue weighted by atomic mass is 10.0. The van der Waals surface area contributed by atoms with Gasteiger partial charge in [-0.05, 0) is 73.7 Å². The predicted octanol–water partition coefficient (Wildman–Crippen LogP) is 5.17. The summed E-state index contributed by atoms with van der Waals surface area (Å²) in [5.74, 6) is 0.365. The van der Waals surface area contributed by atoms with Gasteiger partial charge in [-0.3, -0.25) is 4.90 Å². The Morgan fingerprint density at radius 1 is 0.938 bits per heavy atom. The molecule has 5 nitrogen and oxygen atoms in total. The molecule has 0 bridgehead atoms. The zero-order valence-electron chi connectivity index (χ0n) is 18.6. The normalized spacial score (nSPS) is 13.8. The van der Waals surface area contributed by atoms with Crippen molar-refractivity contribution in [1.82, 2.24) is 10.2 Å². The summed E-state index contributed by atoms with van der Waals surface area (Å²) in [7, 11) is 0. The van der Waals surface area contributed by atoms with Crippen LogP contribution in [0.25, 0.3) is 11.1 Å². The fraction of sp³-hybridized carbons (Fsp3) is 0.296. The smallest absolute Gasteiger partial charge is 0.408 e. The van der Waals surface area contributed by atoms with Crippen molar-refractivity contribution in [1.29, 1.82) is 0 Å². The Morgan fingerprint density at radius 3 is 2.28 bits per heavy atom. The van der Waals surface area contributed by atoms with E-state index in [0.717, 1.165) is 24.1 Å². The van der Waals surface area contributed by atoms with Gasteiger partial charge < -0.3 is 15.8 Å². The highest BCUT2D eigenvalue weighted by atomic mass is 16.6. The number of ether oxygens (including phenoxy) is 1. The molecule has 3 aromatic rings. The van der Waals surface area contributed by atoms with Crippen molar-refractivity contribution in [2.75, 3.05) is 25.4 Å². The van der Waals surface area contributed by atoms with E-state index in [4.69, 9.17) is 10.5 Å². The molecule has 0 aliphatic carbocycles. The quantitative estimate of drug-likeness (QED) is 0.509. The summed E-state index contributed by atoms with van der Waals surface area (Å²) in [4.78, 5) is 14.7. The number of likely N-dealkylation sites (tertiary alicyclic amines) is 1. The molecule has 32 heavy (non-hydrogen) atoms. The van der Waals surface area contributed by atoms with Gasteiger partial charge in [-0.1, -0.05) is 60.2 Å². The minimum Gasteiger partial charge on any atom is -0.408 e. The minimum atomic E-state index is -0.495. The highest BCUT2D eigenvalue weighted by Gasteiger charge is 2.12. The fourth-order valence-corrected chi connectivity index (χ4v) is 4.02. The molecule has 4 rings (SSSR count). The number of nitrogens with one attached hydrogen (secondary N) is 1. The van der Waals surface area contributed by atoms with Crippen LogP contribution >= 0.6 is 0 Å². The third-order valence-electron chi connectivity index (χ3n) is 5.91. The largest absolute Gasteiger partial charge is 0.412 e. The summed E-state index contributed by atoms with van der Waals surface area (Å²) < 4.78 is 5.41. The summed E-state index contributed by atoms with van der Waals surface area (Å²) in [6.07, 6.45) is 2.87. The van der Waals surface area contributed by atoms with E-state index in [0.29, 0.717) is 18.0 Å². The van der Waals surface area contributed by atoms with Gasteiger partial charge in [0.15, 0.2) is 5.75 Å². The standard InChI is InChI=1S/C27H31N3O2/c1-20-4-10-23(11-5-20)24-12-13-26(25(28)18-24)32-27(31)29-15-14-21-6-8-22(9-7-21)19-30-16-2-3-17-30/h4-13,18H,2-3,14-17,19,28H2,1H3,(H,29,31). The van der Waals surface area contributed by atoms with E-state index in [2.05, 4.69) is 65.7 Å². The van der Waals surface area contributed by atoms with Gasteiger partial charge >= 0.3 is 6.09 Å². The molecule has 0 radical (unpaired) electrons. The molecule has 1 heterocycles. The van der Waals surface area contributed by atoms with E-state index in [9.17, 15) is 4.79 Å². The third kappa shape index (κ3) is 5.89. The molecule has 1 aliphatic heterocycles. The molecule has 166 valence electrons. The molecule has 0 atom stereocenters. The number of hydrogen-bond acceptors (Lipinski definition) is 4. The van der Waals surface area contributed by atoms with Crippen LogP contribution in [0.5, 0.6) is 5.75 Å². The molecule has 5 heteroatoms. The Labute approximate surface area is 190 Å². The number of benzene rings is 3. The monoisotopic (exact) mass is 429 g/mol. The average molecular weight is 430 g/mol. The number of nitrogens with zero attached hydrogens (tertiary/aromatic N) is 1. The molecule has 1 fully saturated rings. The minimum absolute atomic E-state index is 0.365. The number of aryl methyl sites for hydroxylation is 1. The molecule has 1 aliphatic rings. The molecule has 1 amide bonds. The van der Waals surface area contributed by atoms with Crippen LogP contribution in [0.15, 0.2) is 66.7 Å². The van der Waals surface area contributed by atoms with Crippen molar-refractivity contribution >= 4 is 11.8 Å². The second kappa shape index (κ2) is 10.3. The maximum atomic E-state index is 12.2. The maximum Gasteiger partial charge on any atom is 0.412 e. The van der Waals surface area contributed by atoms with Crippen LogP contribution in [0.1, 0.15) is 29.5 Å². The molecular formula is C27H31N3O2. The first-order chi connectivity index (χ1) is 15.6. The van der Waals surface area contributed by atoms with Gasteiger partial charge in [0.2, 0.25) is 0 Å². The summed E-state index contributed by atoms with van der Waals surface area (Å²) in [5.41, 5.74) is 12.4. The zero-order valence-corrected chi connectivity index (χ0v) is 18.6. The van der Waals surface area contributed by atoms with Crippen LogP contribution in [0, 0.1) is 6.92 Å². The summed E-state index contributed by atoms with van der Waals surface area (Å²) in [6.45, 7) is 5.99. The van der Waals surface area contributed by atoms with Crippen LogP contribution in [0.3, 0.4) is 0 Å². The summed E-state index contributed by atoms with van der Waals surface area (Å²) in [5, 5.41) is 2.81. The number of nitrogen functional groups attached to an aromatic ring is 1. The van der Waals surface area contributed by atoms with Crippen molar-refractivity contribution in [3.8, 4) is 16.9 Å². The molecular weight excluding hydrogens is 398 g/mol. The van der Waals surface area contributed by atoms with E-state index >= 15 is 0 Å². The first kappa shape index (κ1) is 21.9. The lowest BCUT2D eigenvalue weighted by Crippen LogP contribution is -2.29. The molecule has 3 aromatic carbocycles. The molecule has 0 saturated carbocycles. The van der Waals surface area contributed by atoms with E-state index in [-0.39, 0.29) is 0 Å². The van der Waals surface area contributed by atoms with Gasteiger partial charge in [0.25, 0.3) is 0 Å². The molecule has 1 saturated heterocycles. The number of hydrogen-bond donors (Lipinski definition) is 2. The fourth-order valence-electron chi connectivity index (χ4n) is 4.02. The molecule has 0 spiro atoms.